The van der Waals surface area contributed by atoms with Crippen LogP contribution in [0, 0.1) is 5.82 Å². The van der Waals surface area contributed by atoms with Crippen LogP contribution in [0.5, 0.6) is 5.75 Å². The Labute approximate surface area is 177 Å². The molecule has 0 bridgehead atoms. The summed E-state index contributed by atoms with van der Waals surface area (Å²) in [6, 6.07) is 9.74. The smallest absolute Gasteiger partial charge is 0.341 e. The molecule has 0 aliphatic carbocycles. The monoisotopic (exact) mass is 478 g/mol. The molecule has 1 heterocycles. The van der Waals surface area contributed by atoms with E-state index >= 15 is 0 Å². The highest BCUT2D eigenvalue weighted by Gasteiger charge is 2.34. The second-order valence-corrected chi connectivity index (χ2v) is 7.05. The number of ether oxygens (including phenoxy) is 1. The van der Waals surface area contributed by atoms with Crippen molar-refractivity contribution < 1.29 is 28.6 Å². The summed E-state index contributed by atoms with van der Waals surface area (Å²) >= 11 is 8.34. The summed E-state index contributed by atoms with van der Waals surface area (Å²) in [4.78, 5) is 36.9. The highest BCUT2D eigenvalue weighted by atomic mass is 79.9. The third kappa shape index (κ3) is 4.66. The molecular weight excluding hydrogens is 467 g/mol. The summed E-state index contributed by atoms with van der Waals surface area (Å²) in [5.74, 6) is -2.63. The van der Waals surface area contributed by atoms with Crippen LogP contribution < -0.4 is 15.0 Å². The average Bonchev–Trinajstić information content (AvgIpc) is 2.65. The van der Waals surface area contributed by atoms with Gasteiger partial charge < -0.3 is 9.84 Å². The zero-order valence-corrected chi connectivity index (χ0v) is 16.9. The molecule has 2 aromatic carbocycles. The van der Waals surface area contributed by atoms with Crippen LogP contribution in [-0.2, 0) is 14.4 Å². The Morgan fingerprint density at radius 3 is 2.55 bits per heavy atom. The van der Waals surface area contributed by atoms with Gasteiger partial charge in [-0.1, -0.05) is 6.07 Å². The van der Waals surface area contributed by atoms with Crippen molar-refractivity contribution in [3.63, 3.8) is 0 Å². The minimum Gasteiger partial charge on any atom is -0.481 e. The normalized spacial score (nSPS) is 15.4. The number of benzene rings is 2. The molecule has 3 rings (SSSR count). The van der Waals surface area contributed by atoms with E-state index in [1.165, 1.54) is 36.4 Å². The minimum atomic E-state index is -1.12. The number of carboxylic acid groups (broad SMARTS) is 1. The largest absolute Gasteiger partial charge is 0.481 e. The van der Waals surface area contributed by atoms with Gasteiger partial charge in [0.25, 0.3) is 11.8 Å². The van der Waals surface area contributed by atoms with E-state index in [0.29, 0.717) is 21.5 Å². The molecule has 0 atom stereocenters. The molecule has 7 nitrogen and oxygen atoms in total. The van der Waals surface area contributed by atoms with Gasteiger partial charge in [-0.15, -0.1) is 0 Å². The van der Waals surface area contributed by atoms with Gasteiger partial charge in [0.15, 0.2) is 11.7 Å². The standard InChI is InChI=1S/C19H12BrFN2O5S/c20-14-8-10(1-6-15(14)28-9-16(24)25)7-13-17(26)22-19(29)23(18(13)27)12-4-2-11(21)3-5-12/h1-8H,9H2,(H,24,25)(H,22,26,29)/b13-7-. The van der Waals surface area contributed by atoms with Crippen LogP contribution in [0.3, 0.4) is 0 Å². The van der Waals surface area contributed by atoms with Gasteiger partial charge in [0.2, 0.25) is 0 Å². The Bertz CT molecular complexity index is 1060. The highest BCUT2D eigenvalue weighted by molar-refractivity contribution is 9.10. The van der Waals surface area contributed by atoms with Crippen molar-refractivity contribution in [1.82, 2.24) is 5.32 Å². The highest BCUT2D eigenvalue weighted by Crippen LogP contribution is 2.28. The van der Waals surface area contributed by atoms with E-state index in [1.807, 2.05) is 0 Å². The molecule has 1 aliphatic rings. The van der Waals surface area contributed by atoms with Crippen LogP contribution in [0.1, 0.15) is 5.56 Å². The van der Waals surface area contributed by atoms with Crippen molar-refractivity contribution in [2.75, 3.05) is 11.5 Å². The summed E-state index contributed by atoms with van der Waals surface area (Å²) in [6.45, 7) is -0.510. The van der Waals surface area contributed by atoms with Crippen molar-refractivity contribution in [3.8, 4) is 5.75 Å². The fourth-order valence-electron chi connectivity index (χ4n) is 2.51. The Hall–Kier alpha value is -3.11. The zero-order valence-electron chi connectivity index (χ0n) is 14.5. The molecule has 1 saturated heterocycles. The zero-order chi connectivity index (χ0) is 21.1. The van der Waals surface area contributed by atoms with E-state index < -0.39 is 30.2 Å². The van der Waals surface area contributed by atoms with Gasteiger partial charge in [-0.2, -0.15) is 0 Å². The number of carbonyl (C=O) groups is 3. The Balaban J connectivity index is 1.91. The lowest BCUT2D eigenvalue weighted by molar-refractivity contribution is -0.139. The second-order valence-electron chi connectivity index (χ2n) is 5.81. The number of aliphatic carboxylic acids is 1. The van der Waals surface area contributed by atoms with Gasteiger partial charge in [-0.25, -0.2) is 9.18 Å². The van der Waals surface area contributed by atoms with Crippen molar-refractivity contribution in [3.05, 3.63) is 63.9 Å². The summed E-state index contributed by atoms with van der Waals surface area (Å²) in [5, 5.41) is 11.0. The third-order valence-corrected chi connectivity index (χ3v) is 4.71. The number of halogens is 2. The molecule has 10 heteroatoms. The van der Waals surface area contributed by atoms with Crippen LogP contribution in [-0.4, -0.2) is 34.6 Å². The van der Waals surface area contributed by atoms with E-state index in [0.717, 1.165) is 4.90 Å². The van der Waals surface area contributed by atoms with Crippen LogP contribution in [0.4, 0.5) is 10.1 Å². The fourth-order valence-corrected chi connectivity index (χ4v) is 3.30. The number of anilines is 1. The number of carboxylic acids is 1. The van der Waals surface area contributed by atoms with Gasteiger partial charge in [0.1, 0.15) is 17.1 Å². The Kier molecular flexibility index (Phi) is 6.04. The molecular formula is C19H12BrFN2O5S. The third-order valence-electron chi connectivity index (χ3n) is 3.80. The van der Waals surface area contributed by atoms with Gasteiger partial charge >= 0.3 is 5.97 Å². The number of carbonyl (C=O) groups excluding carboxylic acids is 2. The molecule has 0 spiro atoms. The number of rotatable bonds is 5. The van der Waals surface area contributed by atoms with Crippen LogP contribution in [0.25, 0.3) is 6.08 Å². The molecule has 1 fully saturated rings. The second kappa shape index (κ2) is 8.50. The summed E-state index contributed by atoms with van der Waals surface area (Å²) in [5.41, 5.74) is 0.629. The number of amides is 2. The first-order valence-electron chi connectivity index (χ1n) is 8.07. The van der Waals surface area contributed by atoms with Crippen LogP contribution in [0.2, 0.25) is 0 Å². The van der Waals surface area contributed by atoms with Gasteiger partial charge in [0.05, 0.1) is 10.2 Å². The predicted octanol–water partition coefficient (Wildman–Crippen LogP) is 2.88. The van der Waals surface area contributed by atoms with Crippen molar-refractivity contribution >= 4 is 62.8 Å². The Morgan fingerprint density at radius 1 is 1.24 bits per heavy atom. The SMILES string of the molecule is O=C(O)COc1ccc(/C=C2/C(=O)NC(=S)N(c3ccc(F)cc3)C2=O)cc1Br. The first kappa shape index (κ1) is 20.6. The van der Waals surface area contributed by atoms with Crippen molar-refractivity contribution in [2.24, 2.45) is 0 Å². The van der Waals surface area contributed by atoms with Crippen molar-refractivity contribution in [2.45, 2.75) is 0 Å². The molecule has 2 aromatic rings. The lowest BCUT2D eigenvalue weighted by atomic mass is 10.1. The van der Waals surface area contributed by atoms with Crippen LogP contribution >= 0.6 is 28.1 Å². The summed E-state index contributed by atoms with van der Waals surface area (Å²) in [7, 11) is 0. The first-order chi connectivity index (χ1) is 13.8. The minimum absolute atomic E-state index is 0.109. The molecule has 29 heavy (non-hydrogen) atoms. The van der Waals surface area contributed by atoms with E-state index in [1.54, 1.807) is 12.1 Å². The molecule has 0 aromatic heterocycles. The molecule has 0 saturated carbocycles. The number of hydrogen-bond donors (Lipinski definition) is 2. The number of hydrogen-bond acceptors (Lipinski definition) is 5. The lowest BCUT2D eigenvalue weighted by Crippen LogP contribution is -2.54. The van der Waals surface area contributed by atoms with Gasteiger partial charge in [-0.3, -0.25) is 19.8 Å². The number of thiocarbonyl (C=S) groups is 1. The Morgan fingerprint density at radius 2 is 1.93 bits per heavy atom. The van der Waals surface area contributed by atoms with E-state index in [-0.39, 0.29) is 10.7 Å². The quantitative estimate of drug-likeness (QED) is 0.389. The molecule has 1 aliphatic heterocycles. The van der Waals surface area contributed by atoms with E-state index in [2.05, 4.69) is 21.2 Å². The van der Waals surface area contributed by atoms with Crippen molar-refractivity contribution in [1.29, 1.82) is 0 Å². The summed E-state index contributed by atoms with van der Waals surface area (Å²) in [6.07, 6.45) is 1.36. The maximum atomic E-state index is 13.2. The van der Waals surface area contributed by atoms with Gasteiger partial charge in [-0.05, 0) is 76.2 Å². The topological polar surface area (TPSA) is 95.9 Å². The number of nitrogens with zero attached hydrogens (tertiary/aromatic N) is 1. The fraction of sp³-hybridized carbons (Fsp3) is 0.0526. The van der Waals surface area contributed by atoms with Gasteiger partial charge in [0, 0.05) is 0 Å². The van der Waals surface area contributed by atoms with E-state index in [4.69, 9.17) is 22.1 Å². The molecule has 2 N–H and O–H groups in total. The molecule has 2 amide bonds. The first-order valence-corrected chi connectivity index (χ1v) is 9.27. The molecule has 148 valence electrons. The molecule has 0 radical (unpaired) electrons. The maximum Gasteiger partial charge on any atom is 0.341 e. The molecule has 0 unspecified atom stereocenters. The summed E-state index contributed by atoms with van der Waals surface area (Å²) < 4.78 is 18.7. The van der Waals surface area contributed by atoms with Crippen LogP contribution in [0.15, 0.2) is 52.5 Å². The lowest BCUT2D eigenvalue weighted by Gasteiger charge is -2.28. The average molecular weight is 479 g/mol. The number of nitrogens with one attached hydrogen (secondary N) is 1. The maximum absolute atomic E-state index is 13.2. The predicted molar refractivity (Wildman–Crippen MR) is 110 cm³/mol. The van der Waals surface area contributed by atoms with E-state index in [9.17, 15) is 18.8 Å².